The second-order valence-corrected chi connectivity index (χ2v) is 5.51. The Morgan fingerprint density at radius 3 is 2.07 bits per heavy atom. The van der Waals surface area contributed by atoms with E-state index in [1.165, 1.54) is 10.5 Å². The van der Waals surface area contributed by atoms with Crippen LogP contribution < -0.4 is 0 Å². The number of carbonyl (C=O) groups excluding carboxylic acids is 1. The number of hydrogen-bond donors (Lipinski definition) is 0. The molecule has 1 unspecified atom stereocenters. The SMILES string of the molecule is CC(=O)C(C)Sc1ccc(C(C)C)cc1. The molecule has 0 saturated carbocycles. The number of rotatable bonds is 4. The van der Waals surface area contributed by atoms with Gasteiger partial charge in [-0.05, 0) is 37.5 Å². The van der Waals surface area contributed by atoms with Gasteiger partial charge in [0.25, 0.3) is 0 Å². The van der Waals surface area contributed by atoms with Gasteiger partial charge in [0, 0.05) is 4.90 Å². The van der Waals surface area contributed by atoms with Gasteiger partial charge >= 0.3 is 0 Å². The molecule has 0 aliphatic carbocycles. The molecular weight excluding hydrogens is 204 g/mol. The van der Waals surface area contributed by atoms with Crippen LogP contribution in [0.1, 0.15) is 39.2 Å². The monoisotopic (exact) mass is 222 g/mol. The predicted octanol–water partition coefficient (Wildman–Crippen LogP) is 3.88. The Kier molecular flexibility index (Phi) is 4.40. The van der Waals surface area contributed by atoms with E-state index in [-0.39, 0.29) is 11.0 Å². The zero-order valence-corrected chi connectivity index (χ0v) is 10.6. The summed E-state index contributed by atoms with van der Waals surface area (Å²) in [6.45, 7) is 7.95. The first kappa shape index (κ1) is 12.3. The zero-order chi connectivity index (χ0) is 11.4. The van der Waals surface area contributed by atoms with Gasteiger partial charge in [-0.15, -0.1) is 11.8 Å². The lowest BCUT2D eigenvalue weighted by Crippen LogP contribution is -2.07. The van der Waals surface area contributed by atoms with Gasteiger partial charge in [-0.1, -0.05) is 26.0 Å². The maximum absolute atomic E-state index is 11.1. The van der Waals surface area contributed by atoms with Crippen molar-refractivity contribution in [3.63, 3.8) is 0 Å². The van der Waals surface area contributed by atoms with Crippen molar-refractivity contribution in [3.8, 4) is 0 Å². The molecule has 0 N–H and O–H groups in total. The molecule has 1 aromatic rings. The molecule has 1 aromatic carbocycles. The lowest BCUT2D eigenvalue weighted by molar-refractivity contribution is -0.116. The second-order valence-electron chi connectivity index (χ2n) is 4.09. The molecule has 1 atom stereocenters. The summed E-state index contributed by atoms with van der Waals surface area (Å²) in [6, 6.07) is 8.47. The predicted molar refractivity (Wildman–Crippen MR) is 66.5 cm³/mol. The molecule has 0 radical (unpaired) electrons. The Bertz CT molecular complexity index is 327. The molecular formula is C13H18OS. The van der Waals surface area contributed by atoms with Gasteiger partial charge in [0.2, 0.25) is 0 Å². The molecule has 0 aliphatic rings. The van der Waals surface area contributed by atoms with E-state index in [9.17, 15) is 4.79 Å². The number of ketones is 1. The first-order valence-electron chi connectivity index (χ1n) is 5.27. The van der Waals surface area contributed by atoms with Crippen molar-refractivity contribution in [2.24, 2.45) is 0 Å². The number of carbonyl (C=O) groups is 1. The minimum Gasteiger partial charge on any atom is -0.299 e. The largest absolute Gasteiger partial charge is 0.299 e. The van der Waals surface area contributed by atoms with Gasteiger partial charge in [0.05, 0.1) is 5.25 Å². The Morgan fingerprint density at radius 1 is 1.13 bits per heavy atom. The Balaban J connectivity index is 2.68. The van der Waals surface area contributed by atoms with E-state index in [0.29, 0.717) is 5.92 Å². The fourth-order valence-electron chi connectivity index (χ4n) is 1.22. The van der Waals surface area contributed by atoms with Gasteiger partial charge in [-0.2, -0.15) is 0 Å². The Labute approximate surface area is 96.3 Å². The average Bonchev–Trinajstić information content (AvgIpc) is 2.18. The van der Waals surface area contributed by atoms with Crippen molar-refractivity contribution >= 4 is 17.5 Å². The van der Waals surface area contributed by atoms with E-state index in [1.807, 2.05) is 6.92 Å². The molecule has 0 spiro atoms. The highest BCUT2D eigenvalue weighted by Crippen LogP contribution is 2.25. The molecule has 2 heteroatoms. The lowest BCUT2D eigenvalue weighted by atomic mass is 10.0. The third-order valence-electron chi connectivity index (χ3n) is 2.43. The molecule has 0 amide bonds. The van der Waals surface area contributed by atoms with Crippen LogP contribution in [0.25, 0.3) is 0 Å². The number of benzene rings is 1. The Hall–Kier alpha value is -0.760. The van der Waals surface area contributed by atoms with Crippen molar-refractivity contribution in [2.75, 3.05) is 0 Å². The smallest absolute Gasteiger partial charge is 0.142 e. The van der Waals surface area contributed by atoms with Crippen LogP contribution in [0.5, 0.6) is 0 Å². The van der Waals surface area contributed by atoms with Crippen molar-refractivity contribution in [1.82, 2.24) is 0 Å². The number of Topliss-reactive ketones (excluding diaryl/α,β-unsaturated/α-hetero) is 1. The number of hydrogen-bond acceptors (Lipinski definition) is 2. The van der Waals surface area contributed by atoms with Gasteiger partial charge in [0.15, 0.2) is 0 Å². The topological polar surface area (TPSA) is 17.1 Å². The van der Waals surface area contributed by atoms with Gasteiger partial charge in [-0.3, -0.25) is 4.79 Å². The normalized spacial score (nSPS) is 12.9. The quantitative estimate of drug-likeness (QED) is 0.719. The maximum atomic E-state index is 11.1. The average molecular weight is 222 g/mol. The van der Waals surface area contributed by atoms with Gasteiger partial charge in [-0.25, -0.2) is 0 Å². The lowest BCUT2D eigenvalue weighted by Gasteiger charge is -2.09. The van der Waals surface area contributed by atoms with Crippen molar-refractivity contribution < 1.29 is 4.79 Å². The van der Waals surface area contributed by atoms with E-state index in [0.717, 1.165) is 0 Å². The second kappa shape index (κ2) is 5.36. The van der Waals surface area contributed by atoms with Crippen LogP contribution in [0, 0.1) is 0 Å². The standard InChI is InChI=1S/C13H18OS/c1-9(2)12-5-7-13(8-6-12)15-11(4)10(3)14/h5-9,11H,1-4H3. The van der Waals surface area contributed by atoms with Crippen LogP contribution in [0.2, 0.25) is 0 Å². The third-order valence-corrected chi connectivity index (χ3v) is 3.66. The first-order chi connectivity index (χ1) is 7.00. The summed E-state index contributed by atoms with van der Waals surface area (Å²) in [4.78, 5) is 12.3. The summed E-state index contributed by atoms with van der Waals surface area (Å²) in [5.41, 5.74) is 1.34. The molecule has 0 bridgehead atoms. The molecule has 15 heavy (non-hydrogen) atoms. The molecule has 0 aromatic heterocycles. The van der Waals surface area contributed by atoms with E-state index in [2.05, 4.69) is 38.1 Å². The van der Waals surface area contributed by atoms with Crippen LogP contribution in [0.3, 0.4) is 0 Å². The van der Waals surface area contributed by atoms with E-state index in [1.54, 1.807) is 18.7 Å². The van der Waals surface area contributed by atoms with Crippen LogP contribution in [-0.4, -0.2) is 11.0 Å². The number of thioether (sulfide) groups is 1. The van der Waals surface area contributed by atoms with E-state index < -0.39 is 0 Å². The molecule has 0 saturated heterocycles. The van der Waals surface area contributed by atoms with Crippen molar-refractivity contribution in [1.29, 1.82) is 0 Å². The highest BCUT2D eigenvalue weighted by molar-refractivity contribution is 8.00. The molecule has 82 valence electrons. The minimum absolute atomic E-state index is 0.0508. The fourth-order valence-corrected chi connectivity index (χ4v) is 2.09. The first-order valence-corrected chi connectivity index (χ1v) is 6.15. The summed E-state index contributed by atoms with van der Waals surface area (Å²) < 4.78 is 0. The van der Waals surface area contributed by atoms with E-state index in [4.69, 9.17) is 0 Å². The Morgan fingerprint density at radius 2 is 1.67 bits per heavy atom. The third kappa shape index (κ3) is 3.71. The van der Waals surface area contributed by atoms with Crippen molar-refractivity contribution in [3.05, 3.63) is 29.8 Å². The van der Waals surface area contributed by atoms with Crippen molar-refractivity contribution in [2.45, 2.75) is 43.8 Å². The van der Waals surface area contributed by atoms with E-state index >= 15 is 0 Å². The zero-order valence-electron chi connectivity index (χ0n) is 9.78. The highest BCUT2D eigenvalue weighted by atomic mass is 32.2. The summed E-state index contributed by atoms with van der Waals surface area (Å²) in [6.07, 6.45) is 0. The molecule has 0 fully saturated rings. The molecule has 0 heterocycles. The fraction of sp³-hybridized carbons (Fsp3) is 0.462. The van der Waals surface area contributed by atoms with Crippen LogP contribution in [-0.2, 0) is 4.79 Å². The summed E-state index contributed by atoms with van der Waals surface area (Å²) in [5, 5.41) is 0.0508. The highest BCUT2D eigenvalue weighted by Gasteiger charge is 2.09. The maximum Gasteiger partial charge on any atom is 0.142 e. The molecule has 1 rings (SSSR count). The molecule has 1 nitrogen and oxygen atoms in total. The summed E-state index contributed by atoms with van der Waals surface area (Å²) >= 11 is 1.62. The minimum atomic E-state index is 0.0508. The van der Waals surface area contributed by atoms with Gasteiger partial charge in [0.1, 0.15) is 5.78 Å². The summed E-state index contributed by atoms with van der Waals surface area (Å²) in [7, 11) is 0. The van der Waals surface area contributed by atoms with Gasteiger partial charge < -0.3 is 0 Å². The molecule has 0 aliphatic heterocycles. The van der Waals surface area contributed by atoms with Crippen LogP contribution >= 0.6 is 11.8 Å². The summed E-state index contributed by atoms with van der Waals surface area (Å²) in [5.74, 6) is 0.794. The van der Waals surface area contributed by atoms with Crippen LogP contribution in [0.4, 0.5) is 0 Å². The van der Waals surface area contributed by atoms with Crippen LogP contribution in [0.15, 0.2) is 29.2 Å².